The summed E-state index contributed by atoms with van der Waals surface area (Å²) in [4.78, 5) is 24.2. The fourth-order valence-corrected chi connectivity index (χ4v) is 3.58. The summed E-state index contributed by atoms with van der Waals surface area (Å²) in [5.41, 5.74) is 0.0591. The smallest absolute Gasteiger partial charge is 0.451 e. The first-order valence-corrected chi connectivity index (χ1v) is 10.2. The number of rotatable bonds is 6. The number of ether oxygens (including phenoxy) is 2. The fraction of sp³-hybridized carbons (Fsp3) is 0.300. The Morgan fingerprint density at radius 1 is 1.22 bits per heavy atom. The van der Waals surface area contributed by atoms with Crippen molar-refractivity contribution in [2.45, 2.75) is 25.7 Å². The average molecular weight is 468 g/mol. The maximum atomic E-state index is 15.2. The Morgan fingerprint density at radius 3 is 2.50 bits per heavy atom. The van der Waals surface area contributed by atoms with Crippen molar-refractivity contribution in [2.75, 3.05) is 13.2 Å². The Hall–Kier alpha value is -3.12. The number of aryl methyl sites for hydroxylation is 1. The van der Waals surface area contributed by atoms with E-state index in [4.69, 9.17) is 9.47 Å². The summed E-state index contributed by atoms with van der Waals surface area (Å²) in [5, 5.41) is 2.86. The number of halogens is 4. The van der Waals surface area contributed by atoms with Gasteiger partial charge in [-0.25, -0.2) is 19.3 Å². The van der Waals surface area contributed by atoms with Crippen LogP contribution in [-0.2, 0) is 17.5 Å². The first-order valence-electron chi connectivity index (χ1n) is 9.38. The van der Waals surface area contributed by atoms with Gasteiger partial charge in [-0.05, 0) is 19.1 Å². The number of amides is 1. The lowest BCUT2D eigenvalue weighted by Gasteiger charge is -2.27. The van der Waals surface area contributed by atoms with Crippen LogP contribution < -0.4 is 10.1 Å². The molecule has 1 saturated heterocycles. The molecule has 12 heteroatoms. The van der Waals surface area contributed by atoms with Crippen molar-refractivity contribution in [1.82, 2.24) is 20.3 Å². The van der Waals surface area contributed by atoms with Gasteiger partial charge in [-0.3, -0.25) is 4.79 Å². The Balaban J connectivity index is 1.56. The highest BCUT2D eigenvalue weighted by atomic mass is 32.1. The summed E-state index contributed by atoms with van der Waals surface area (Å²) in [6, 6.07) is 2.75. The largest absolute Gasteiger partial charge is 0.486 e. The van der Waals surface area contributed by atoms with Crippen molar-refractivity contribution in [3.05, 3.63) is 58.4 Å². The zero-order valence-electron chi connectivity index (χ0n) is 16.6. The number of benzene rings is 1. The number of alkyl halides is 3. The van der Waals surface area contributed by atoms with Crippen molar-refractivity contribution in [3.63, 3.8) is 0 Å². The average Bonchev–Trinajstić information content (AvgIpc) is 3.15. The minimum Gasteiger partial charge on any atom is -0.486 e. The number of carbonyl (C=O) groups is 1. The van der Waals surface area contributed by atoms with Crippen LogP contribution in [0.1, 0.15) is 26.6 Å². The molecular weight excluding hydrogens is 452 g/mol. The topological polar surface area (TPSA) is 86.2 Å². The van der Waals surface area contributed by atoms with Crippen LogP contribution in [0, 0.1) is 12.7 Å². The molecule has 0 saturated carbocycles. The predicted molar refractivity (Wildman–Crippen MR) is 106 cm³/mol. The van der Waals surface area contributed by atoms with E-state index in [1.165, 1.54) is 23.5 Å². The van der Waals surface area contributed by atoms with E-state index in [9.17, 15) is 18.0 Å². The van der Waals surface area contributed by atoms with Crippen LogP contribution in [0.4, 0.5) is 17.6 Å². The Kier molecular flexibility index (Phi) is 6.07. The molecule has 1 aliphatic rings. The molecule has 0 spiro atoms. The number of thiazole rings is 1. The van der Waals surface area contributed by atoms with E-state index in [0.29, 0.717) is 18.2 Å². The molecule has 32 heavy (non-hydrogen) atoms. The van der Waals surface area contributed by atoms with E-state index in [1.807, 2.05) is 6.92 Å². The molecule has 168 valence electrons. The van der Waals surface area contributed by atoms with Gasteiger partial charge in [-0.15, -0.1) is 11.3 Å². The predicted octanol–water partition coefficient (Wildman–Crippen LogP) is 3.77. The second kappa shape index (κ2) is 8.79. The number of carbonyl (C=O) groups excluding carboxylic acids is 1. The van der Waals surface area contributed by atoms with Crippen LogP contribution >= 0.6 is 11.3 Å². The van der Waals surface area contributed by atoms with Crippen molar-refractivity contribution in [1.29, 1.82) is 0 Å². The number of hydrogen-bond donors (Lipinski definition) is 1. The first-order chi connectivity index (χ1) is 15.2. The molecule has 0 atom stereocenters. The maximum absolute atomic E-state index is 15.2. The molecule has 0 bridgehead atoms. The monoisotopic (exact) mass is 468 g/mol. The summed E-state index contributed by atoms with van der Waals surface area (Å²) in [6.07, 6.45) is -1.37. The molecule has 4 rings (SSSR count). The van der Waals surface area contributed by atoms with Gasteiger partial charge in [-0.2, -0.15) is 13.2 Å². The van der Waals surface area contributed by atoms with Gasteiger partial charge in [-0.1, -0.05) is 0 Å². The minimum atomic E-state index is -4.67. The molecular formula is C20H16F4N4O3S. The van der Waals surface area contributed by atoms with Gasteiger partial charge in [0.25, 0.3) is 5.91 Å². The summed E-state index contributed by atoms with van der Waals surface area (Å²) in [6.45, 7) is 2.41. The van der Waals surface area contributed by atoms with Crippen molar-refractivity contribution < 1.29 is 31.8 Å². The highest BCUT2D eigenvalue weighted by Gasteiger charge is 2.34. The molecule has 3 aromatic rings. The third kappa shape index (κ3) is 4.86. The van der Waals surface area contributed by atoms with E-state index in [2.05, 4.69) is 20.3 Å². The summed E-state index contributed by atoms with van der Waals surface area (Å²) in [5.74, 6) is -2.55. The van der Waals surface area contributed by atoms with E-state index >= 15 is 4.39 Å². The zero-order valence-corrected chi connectivity index (χ0v) is 17.4. The van der Waals surface area contributed by atoms with Crippen LogP contribution in [0.25, 0.3) is 10.6 Å². The number of aromatic nitrogens is 3. The van der Waals surface area contributed by atoms with Gasteiger partial charge in [0, 0.05) is 35.6 Å². The minimum absolute atomic E-state index is 0.115. The van der Waals surface area contributed by atoms with Crippen LogP contribution in [0.15, 0.2) is 30.7 Å². The van der Waals surface area contributed by atoms with Gasteiger partial charge in [0.1, 0.15) is 22.7 Å². The third-order valence-electron chi connectivity index (χ3n) is 4.46. The highest BCUT2D eigenvalue weighted by Crippen LogP contribution is 2.33. The molecule has 2 aromatic heterocycles. The quantitative estimate of drug-likeness (QED) is 0.555. The lowest BCUT2D eigenvalue weighted by Crippen LogP contribution is -2.38. The standard InChI is InChI=1S/C20H16F4N4O3S/c1-10-4-26-18(32-10)15-3-12(31-13-8-30-9-13)2-14(16(15)21)17(29)25-5-11-6-27-19(28-7-11)20(22,23)24/h2-4,6-7,13H,5,8-9H2,1H3,(H,25,29). The molecule has 3 heterocycles. The van der Waals surface area contributed by atoms with E-state index in [-0.39, 0.29) is 35.1 Å². The molecule has 0 unspecified atom stereocenters. The van der Waals surface area contributed by atoms with Gasteiger partial charge >= 0.3 is 6.18 Å². The first kappa shape index (κ1) is 22.1. The van der Waals surface area contributed by atoms with Gasteiger partial charge in [0.2, 0.25) is 5.82 Å². The molecule has 7 nitrogen and oxygen atoms in total. The SMILES string of the molecule is Cc1cnc(-c2cc(OC3COC3)cc(C(=O)NCc3cnc(C(F)(F)F)nc3)c2F)s1. The lowest BCUT2D eigenvalue weighted by atomic mass is 10.1. The molecule has 1 amide bonds. The normalized spacial score (nSPS) is 14.2. The summed E-state index contributed by atoms with van der Waals surface area (Å²) in [7, 11) is 0. The van der Waals surface area contributed by atoms with Crippen LogP contribution in [-0.4, -0.2) is 40.2 Å². The molecule has 1 aliphatic heterocycles. The number of nitrogens with zero attached hydrogens (tertiary/aromatic N) is 3. The van der Waals surface area contributed by atoms with E-state index in [0.717, 1.165) is 17.3 Å². The summed E-state index contributed by atoms with van der Waals surface area (Å²) < 4.78 is 63.8. The second-order valence-electron chi connectivity index (χ2n) is 6.98. The van der Waals surface area contributed by atoms with Gasteiger partial charge < -0.3 is 14.8 Å². The van der Waals surface area contributed by atoms with Gasteiger partial charge in [0.15, 0.2) is 0 Å². The maximum Gasteiger partial charge on any atom is 0.451 e. The highest BCUT2D eigenvalue weighted by molar-refractivity contribution is 7.14. The third-order valence-corrected chi connectivity index (χ3v) is 5.41. The number of hydrogen-bond acceptors (Lipinski definition) is 7. The van der Waals surface area contributed by atoms with Crippen LogP contribution in [0.3, 0.4) is 0 Å². The molecule has 0 radical (unpaired) electrons. The second-order valence-corrected chi connectivity index (χ2v) is 8.22. The zero-order chi connectivity index (χ0) is 22.9. The molecule has 1 N–H and O–H groups in total. The van der Waals surface area contributed by atoms with Gasteiger partial charge in [0.05, 0.1) is 24.3 Å². The molecule has 1 fully saturated rings. The Labute approximate surface area is 183 Å². The lowest BCUT2D eigenvalue weighted by molar-refractivity contribution is -0.145. The van der Waals surface area contributed by atoms with Crippen molar-refractivity contribution in [2.24, 2.45) is 0 Å². The Morgan fingerprint density at radius 2 is 1.94 bits per heavy atom. The van der Waals surface area contributed by atoms with Crippen LogP contribution in [0.2, 0.25) is 0 Å². The van der Waals surface area contributed by atoms with E-state index < -0.39 is 23.7 Å². The van der Waals surface area contributed by atoms with Crippen molar-refractivity contribution >= 4 is 17.2 Å². The number of nitrogens with one attached hydrogen (secondary N) is 1. The van der Waals surface area contributed by atoms with Crippen LogP contribution in [0.5, 0.6) is 5.75 Å². The fourth-order valence-electron chi connectivity index (χ4n) is 2.81. The molecule has 0 aliphatic carbocycles. The Bertz CT molecular complexity index is 1130. The molecule has 1 aromatic carbocycles. The van der Waals surface area contributed by atoms with Crippen molar-refractivity contribution in [3.8, 4) is 16.3 Å². The van der Waals surface area contributed by atoms with E-state index in [1.54, 1.807) is 6.20 Å². The summed E-state index contributed by atoms with van der Waals surface area (Å²) >= 11 is 1.26.